The normalized spacial score (nSPS) is 12.9. The summed E-state index contributed by atoms with van der Waals surface area (Å²) in [5.74, 6) is 0. The molecule has 11 rings (SSSR count). The van der Waals surface area contributed by atoms with Gasteiger partial charge in [-0.3, -0.25) is 0 Å². The van der Waals surface area contributed by atoms with Crippen LogP contribution in [0.1, 0.15) is 25.0 Å². The molecular formula is C55H39NO. The van der Waals surface area contributed by atoms with Gasteiger partial charge in [0.2, 0.25) is 0 Å². The maximum Gasteiger partial charge on any atom is 0.135 e. The maximum atomic E-state index is 6.15. The molecule has 57 heavy (non-hydrogen) atoms. The van der Waals surface area contributed by atoms with Crippen LogP contribution in [-0.2, 0) is 5.41 Å². The average Bonchev–Trinajstić information content (AvgIpc) is 3.75. The highest BCUT2D eigenvalue weighted by Gasteiger charge is 2.36. The first-order valence-corrected chi connectivity index (χ1v) is 19.7. The zero-order valence-electron chi connectivity index (χ0n) is 31.9. The Morgan fingerprint density at radius 1 is 0.368 bits per heavy atom. The number of para-hydroxylation sites is 1. The third-order valence-electron chi connectivity index (χ3n) is 12.1. The molecule has 2 heteroatoms. The van der Waals surface area contributed by atoms with E-state index in [0.29, 0.717) is 0 Å². The van der Waals surface area contributed by atoms with Crippen LogP contribution in [0.4, 0.5) is 17.1 Å². The molecule has 0 bridgehead atoms. The molecule has 2 nitrogen and oxygen atoms in total. The van der Waals surface area contributed by atoms with E-state index in [1.807, 2.05) is 12.1 Å². The van der Waals surface area contributed by atoms with E-state index >= 15 is 0 Å². The molecule has 1 aromatic heterocycles. The van der Waals surface area contributed by atoms with Crippen LogP contribution in [0.25, 0.3) is 77.2 Å². The van der Waals surface area contributed by atoms with Crippen LogP contribution in [-0.4, -0.2) is 0 Å². The molecule has 1 heterocycles. The van der Waals surface area contributed by atoms with Crippen LogP contribution < -0.4 is 4.90 Å². The lowest BCUT2D eigenvalue weighted by Crippen LogP contribution is -2.16. The van der Waals surface area contributed by atoms with Gasteiger partial charge >= 0.3 is 0 Å². The molecule has 0 saturated carbocycles. The lowest BCUT2D eigenvalue weighted by molar-refractivity contribution is 0.660. The van der Waals surface area contributed by atoms with Crippen molar-refractivity contribution in [3.63, 3.8) is 0 Å². The lowest BCUT2D eigenvalue weighted by atomic mass is 9.81. The predicted molar refractivity (Wildman–Crippen MR) is 240 cm³/mol. The Labute approximate surface area is 332 Å². The monoisotopic (exact) mass is 729 g/mol. The van der Waals surface area contributed by atoms with Crippen molar-refractivity contribution in [2.75, 3.05) is 4.90 Å². The first kappa shape index (κ1) is 33.2. The number of furan rings is 1. The van der Waals surface area contributed by atoms with Crippen molar-refractivity contribution in [1.82, 2.24) is 0 Å². The van der Waals surface area contributed by atoms with Crippen molar-refractivity contribution in [3.05, 3.63) is 211 Å². The topological polar surface area (TPSA) is 16.4 Å². The molecule has 270 valence electrons. The Morgan fingerprint density at radius 3 is 1.67 bits per heavy atom. The van der Waals surface area contributed by atoms with Gasteiger partial charge in [0, 0.05) is 32.9 Å². The molecule has 0 atom stereocenters. The van der Waals surface area contributed by atoms with Crippen molar-refractivity contribution in [2.24, 2.45) is 0 Å². The third kappa shape index (κ3) is 5.48. The summed E-state index contributed by atoms with van der Waals surface area (Å²) in [7, 11) is 0. The van der Waals surface area contributed by atoms with Gasteiger partial charge in [-0.2, -0.15) is 0 Å². The minimum atomic E-state index is -0.205. The fourth-order valence-corrected chi connectivity index (χ4v) is 9.07. The molecule has 1 aliphatic rings. The van der Waals surface area contributed by atoms with Gasteiger partial charge in [0.25, 0.3) is 0 Å². The summed E-state index contributed by atoms with van der Waals surface area (Å²) in [6, 6.07) is 72.7. The van der Waals surface area contributed by atoms with Gasteiger partial charge < -0.3 is 9.32 Å². The molecule has 0 unspecified atom stereocenters. The molecule has 0 fully saturated rings. The van der Waals surface area contributed by atoms with Gasteiger partial charge in [-0.05, 0) is 116 Å². The summed E-state index contributed by atoms with van der Waals surface area (Å²) in [4.78, 5) is 2.43. The Morgan fingerprint density at radius 2 is 0.895 bits per heavy atom. The van der Waals surface area contributed by atoms with Crippen molar-refractivity contribution in [2.45, 2.75) is 19.3 Å². The maximum absolute atomic E-state index is 6.15. The van der Waals surface area contributed by atoms with E-state index in [-0.39, 0.29) is 5.41 Å². The van der Waals surface area contributed by atoms with E-state index < -0.39 is 0 Å². The predicted octanol–water partition coefficient (Wildman–Crippen LogP) is 15.5. The SMILES string of the molecule is CC1(C)c2cc(-c3ccc4oc5ccccc5c4c3)ccc2-c2ccc(N(c3ccc(-c4ccc(-c5ccccc5)cc4)cc3)c3cccc4ccccc34)cc21. The quantitative estimate of drug-likeness (QED) is 0.169. The summed E-state index contributed by atoms with van der Waals surface area (Å²) in [6.45, 7) is 4.75. The fourth-order valence-electron chi connectivity index (χ4n) is 9.07. The van der Waals surface area contributed by atoms with Crippen LogP contribution in [0.2, 0.25) is 0 Å². The Balaban J connectivity index is 0.983. The highest BCUT2D eigenvalue weighted by molar-refractivity contribution is 6.06. The molecular weight excluding hydrogens is 691 g/mol. The van der Waals surface area contributed by atoms with Crippen LogP contribution in [0.3, 0.4) is 0 Å². The van der Waals surface area contributed by atoms with Gasteiger partial charge in [-0.1, -0.05) is 159 Å². The fraction of sp³-hybridized carbons (Fsp3) is 0.0545. The molecule has 0 aliphatic heterocycles. The molecule has 10 aromatic rings. The molecule has 1 aliphatic carbocycles. The average molecular weight is 730 g/mol. The number of hydrogen-bond donors (Lipinski definition) is 0. The Kier molecular flexibility index (Phi) is 7.55. The Hall–Kier alpha value is -7.16. The Bertz CT molecular complexity index is 3130. The first-order valence-electron chi connectivity index (χ1n) is 19.7. The number of hydrogen-bond acceptors (Lipinski definition) is 2. The largest absolute Gasteiger partial charge is 0.456 e. The first-order chi connectivity index (χ1) is 28.0. The second-order valence-electron chi connectivity index (χ2n) is 15.7. The lowest BCUT2D eigenvalue weighted by Gasteiger charge is -2.29. The van der Waals surface area contributed by atoms with Crippen LogP contribution >= 0.6 is 0 Å². The van der Waals surface area contributed by atoms with Gasteiger partial charge in [-0.15, -0.1) is 0 Å². The second kappa shape index (κ2) is 13.0. The summed E-state index contributed by atoms with van der Waals surface area (Å²) in [5, 5.41) is 4.74. The number of rotatable bonds is 6. The zero-order chi connectivity index (χ0) is 38.1. The van der Waals surface area contributed by atoms with Crippen molar-refractivity contribution in [1.29, 1.82) is 0 Å². The van der Waals surface area contributed by atoms with Crippen molar-refractivity contribution >= 4 is 49.8 Å². The number of nitrogens with zero attached hydrogens (tertiary/aromatic N) is 1. The molecule has 0 amide bonds. The van der Waals surface area contributed by atoms with Gasteiger partial charge in [0.05, 0.1) is 5.69 Å². The summed E-state index contributed by atoms with van der Waals surface area (Å²) in [5.41, 5.74) is 17.6. The molecule has 0 radical (unpaired) electrons. The van der Waals surface area contributed by atoms with Gasteiger partial charge in [0.15, 0.2) is 0 Å². The zero-order valence-corrected chi connectivity index (χ0v) is 31.9. The molecule has 0 spiro atoms. The minimum absolute atomic E-state index is 0.205. The molecule has 0 N–H and O–H groups in total. The van der Waals surface area contributed by atoms with Gasteiger partial charge in [-0.25, -0.2) is 0 Å². The van der Waals surface area contributed by atoms with Crippen molar-refractivity contribution in [3.8, 4) is 44.5 Å². The number of benzene rings is 9. The second-order valence-corrected chi connectivity index (χ2v) is 15.7. The summed E-state index contributed by atoms with van der Waals surface area (Å²) >= 11 is 0. The number of fused-ring (bicyclic) bond motifs is 7. The smallest absolute Gasteiger partial charge is 0.135 e. The van der Waals surface area contributed by atoms with Crippen molar-refractivity contribution < 1.29 is 4.42 Å². The van der Waals surface area contributed by atoms with E-state index in [2.05, 4.69) is 207 Å². The van der Waals surface area contributed by atoms with Crippen LogP contribution in [0, 0.1) is 0 Å². The van der Waals surface area contributed by atoms with E-state index in [9.17, 15) is 0 Å². The molecule has 9 aromatic carbocycles. The molecule has 0 saturated heterocycles. The van der Waals surface area contributed by atoms with E-state index in [0.717, 1.165) is 39.0 Å². The minimum Gasteiger partial charge on any atom is -0.456 e. The third-order valence-corrected chi connectivity index (χ3v) is 12.1. The van der Waals surface area contributed by atoms with E-state index in [4.69, 9.17) is 4.42 Å². The van der Waals surface area contributed by atoms with E-state index in [1.165, 1.54) is 66.4 Å². The summed E-state index contributed by atoms with van der Waals surface area (Å²) in [6.07, 6.45) is 0. The van der Waals surface area contributed by atoms with Gasteiger partial charge in [0.1, 0.15) is 11.2 Å². The van der Waals surface area contributed by atoms with Crippen LogP contribution in [0.15, 0.2) is 205 Å². The highest BCUT2D eigenvalue weighted by Crippen LogP contribution is 2.52. The standard InChI is InChI=1S/C55H39NO/c1-55(2)50-34-42(41-26-32-54-49(33-41)48-16-8-9-18-53(48)57-54)25-30-46(50)47-31-29-44(35-51(47)55)56(52-17-10-14-40-13-6-7-15-45(40)52)43-27-23-39(24-28-43)38-21-19-37(20-22-38)36-11-4-3-5-12-36/h3-35H,1-2H3. The van der Waals surface area contributed by atoms with Crippen LogP contribution in [0.5, 0.6) is 0 Å². The van der Waals surface area contributed by atoms with E-state index in [1.54, 1.807) is 0 Å². The highest BCUT2D eigenvalue weighted by atomic mass is 16.3. The number of anilines is 3. The summed E-state index contributed by atoms with van der Waals surface area (Å²) < 4.78 is 6.15.